The zero-order chi connectivity index (χ0) is 19.8. The Morgan fingerprint density at radius 3 is 2.59 bits per heavy atom. The lowest BCUT2D eigenvalue weighted by atomic mass is 10.0. The lowest BCUT2D eigenvalue weighted by molar-refractivity contribution is 0.102. The van der Waals surface area contributed by atoms with Crippen molar-refractivity contribution in [1.29, 1.82) is 0 Å². The Labute approximate surface area is 176 Å². The smallest absolute Gasteiger partial charge is 0.256 e. The van der Waals surface area contributed by atoms with E-state index < -0.39 is 0 Å². The minimum absolute atomic E-state index is 0.161. The number of carbonyl (C=O) groups is 1. The molecule has 5 rings (SSSR count). The Bertz CT molecular complexity index is 1340. The molecule has 0 saturated heterocycles. The number of carbonyl (C=O) groups excluding carboxylic acids is 1. The van der Waals surface area contributed by atoms with Gasteiger partial charge in [-0.25, -0.2) is 4.98 Å². The first-order valence-electron chi connectivity index (χ1n) is 9.14. The third-order valence-electron chi connectivity index (χ3n) is 4.79. The summed E-state index contributed by atoms with van der Waals surface area (Å²) < 4.78 is 1.09. The molecule has 0 saturated carbocycles. The third-order valence-corrected chi connectivity index (χ3v) is 6.09. The fourth-order valence-corrected chi connectivity index (χ4v) is 4.57. The molecule has 1 amide bonds. The lowest BCUT2D eigenvalue weighted by Gasteiger charge is -2.11. The van der Waals surface area contributed by atoms with Crippen molar-refractivity contribution in [2.24, 2.45) is 0 Å². The molecule has 0 spiro atoms. The number of rotatable bonds is 3. The SMILES string of the molecule is O=C(Nc1ccc(Cl)cc1-c1nc2ccccc2s1)c1cccc2ccccc12. The van der Waals surface area contributed by atoms with Gasteiger partial charge in [0.1, 0.15) is 5.01 Å². The van der Waals surface area contributed by atoms with Crippen molar-refractivity contribution in [3.05, 3.63) is 95.5 Å². The van der Waals surface area contributed by atoms with Crippen LogP contribution in [0.1, 0.15) is 10.4 Å². The molecule has 1 N–H and O–H groups in total. The molecule has 140 valence electrons. The van der Waals surface area contributed by atoms with E-state index in [0.717, 1.165) is 31.6 Å². The summed E-state index contributed by atoms with van der Waals surface area (Å²) in [5, 5.41) is 6.43. The van der Waals surface area contributed by atoms with Crippen molar-refractivity contribution in [2.75, 3.05) is 5.32 Å². The predicted molar refractivity (Wildman–Crippen MR) is 122 cm³/mol. The Morgan fingerprint density at radius 1 is 0.897 bits per heavy atom. The van der Waals surface area contributed by atoms with Gasteiger partial charge in [0, 0.05) is 16.1 Å². The summed E-state index contributed by atoms with van der Waals surface area (Å²) in [6.45, 7) is 0. The highest BCUT2D eigenvalue weighted by molar-refractivity contribution is 7.21. The van der Waals surface area contributed by atoms with Gasteiger partial charge in [0.05, 0.1) is 15.9 Å². The number of para-hydroxylation sites is 1. The highest BCUT2D eigenvalue weighted by Crippen LogP contribution is 2.36. The fraction of sp³-hybridized carbons (Fsp3) is 0. The molecule has 5 heteroatoms. The van der Waals surface area contributed by atoms with Gasteiger partial charge in [0.25, 0.3) is 5.91 Å². The molecule has 29 heavy (non-hydrogen) atoms. The molecule has 1 heterocycles. The average molecular weight is 415 g/mol. The molecule has 0 atom stereocenters. The first-order valence-corrected chi connectivity index (χ1v) is 10.3. The number of anilines is 1. The van der Waals surface area contributed by atoms with Gasteiger partial charge in [-0.2, -0.15) is 0 Å². The van der Waals surface area contributed by atoms with Crippen LogP contribution in [0.2, 0.25) is 5.02 Å². The van der Waals surface area contributed by atoms with Crippen LogP contribution in [0, 0.1) is 0 Å². The maximum atomic E-state index is 13.1. The lowest BCUT2D eigenvalue weighted by Crippen LogP contribution is -2.13. The van der Waals surface area contributed by atoms with Crippen LogP contribution in [-0.4, -0.2) is 10.9 Å². The number of nitrogens with zero attached hydrogens (tertiary/aromatic N) is 1. The summed E-state index contributed by atoms with van der Waals surface area (Å²) in [7, 11) is 0. The predicted octanol–water partition coefficient (Wildman–Crippen LogP) is 7.02. The Balaban J connectivity index is 1.57. The van der Waals surface area contributed by atoms with Crippen LogP contribution in [0.15, 0.2) is 84.9 Å². The monoisotopic (exact) mass is 414 g/mol. The molecule has 0 aliphatic rings. The number of thiazole rings is 1. The van der Waals surface area contributed by atoms with Crippen molar-refractivity contribution in [3.8, 4) is 10.6 Å². The quantitative estimate of drug-likeness (QED) is 0.344. The number of hydrogen-bond donors (Lipinski definition) is 1. The number of benzene rings is 4. The second kappa shape index (κ2) is 7.32. The number of hydrogen-bond acceptors (Lipinski definition) is 3. The van der Waals surface area contributed by atoms with E-state index in [1.807, 2.05) is 78.9 Å². The van der Waals surface area contributed by atoms with Crippen LogP contribution < -0.4 is 5.32 Å². The fourth-order valence-electron chi connectivity index (χ4n) is 3.40. The zero-order valence-corrected chi connectivity index (χ0v) is 16.8. The molecule has 0 aliphatic carbocycles. The molecule has 0 unspecified atom stereocenters. The highest BCUT2D eigenvalue weighted by Gasteiger charge is 2.16. The molecular formula is C24H15ClN2OS. The summed E-state index contributed by atoms with van der Waals surface area (Å²) in [4.78, 5) is 17.8. The number of fused-ring (bicyclic) bond motifs is 2. The molecule has 4 aromatic carbocycles. The van der Waals surface area contributed by atoms with Gasteiger partial charge in [-0.05, 0) is 47.2 Å². The Kier molecular flexibility index (Phi) is 4.51. The highest BCUT2D eigenvalue weighted by atomic mass is 35.5. The zero-order valence-electron chi connectivity index (χ0n) is 15.2. The van der Waals surface area contributed by atoms with E-state index in [1.54, 1.807) is 17.4 Å². The molecule has 5 aromatic rings. The van der Waals surface area contributed by atoms with Gasteiger partial charge in [-0.3, -0.25) is 4.79 Å². The maximum Gasteiger partial charge on any atom is 0.256 e. The molecule has 3 nitrogen and oxygen atoms in total. The summed E-state index contributed by atoms with van der Waals surface area (Å²) in [5.74, 6) is -0.161. The summed E-state index contributed by atoms with van der Waals surface area (Å²) in [6, 6.07) is 27.0. The van der Waals surface area contributed by atoms with Crippen LogP contribution in [0.5, 0.6) is 0 Å². The molecule has 1 aromatic heterocycles. The Morgan fingerprint density at radius 2 is 1.69 bits per heavy atom. The van der Waals surface area contributed by atoms with E-state index in [4.69, 9.17) is 16.6 Å². The van der Waals surface area contributed by atoms with E-state index in [2.05, 4.69) is 5.32 Å². The average Bonchev–Trinajstić information content (AvgIpc) is 3.18. The number of halogens is 1. The summed E-state index contributed by atoms with van der Waals surface area (Å²) in [5.41, 5.74) is 3.06. The van der Waals surface area contributed by atoms with Gasteiger partial charge >= 0.3 is 0 Å². The summed E-state index contributed by atoms with van der Waals surface area (Å²) in [6.07, 6.45) is 0. The van der Waals surface area contributed by atoms with Gasteiger partial charge in [-0.15, -0.1) is 11.3 Å². The van der Waals surface area contributed by atoms with Crippen molar-refractivity contribution in [1.82, 2.24) is 4.98 Å². The molecule has 0 fully saturated rings. The standard InChI is InChI=1S/C24H15ClN2OS/c25-16-12-13-20(19(14-16)24-27-21-10-3-4-11-22(21)29-24)26-23(28)18-9-5-7-15-6-1-2-8-17(15)18/h1-14H,(H,26,28). The van der Waals surface area contributed by atoms with E-state index >= 15 is 0 Å². The minimum Gasteiger partial charge on any atom is -0.321 e. The van der Waals surface area contributed by atoms with Crippen LogP contribution >= 0.6 is 22.9 Å². The molecular weight excluding hydrogens is 400 g/mol. The van der Waals surface area contributed by atoms with Crippen molar-refractivity contribution < 1.29 is 4.79 Å². The van der Waals surface area contributed by atoms with Gasteiger partial charge in [0.2, 0.25) is 0 Å². The van der Waals surface area contributed by atoms with Crippen LogP contribution in [-0.2, 0) is 0 Å². The number of aromatic nitrogens is 1. The molecule has 0 aliphatic heterocycles. The molecule has 0 bridgehead atoms. The first kappa shape index (κ1) is 17.9. The first-order chi connectivity index (χ1) is 14.2. The van der Waals surface area contributed by atoms with E-state index in [9.17, 15) is 4.79 Å². The molecule has 0 radical (unpaired) electrons. The van der Waals surface area contributed by atoms with Crippen LogP contribution in [0.4, 0.5) is 5.69 Å². The third kappa shape index (κ3) is 3.37. The van der Waals surface area contributed by atoms with E-state index in [-0.39, 0.29) is 5.91 Å². The number of amides is 1. The minimum atomic E-state index is -0.161. The normalized spacial score (nSPS) is 11.1. The maximum absolute atomic E-state index is 13.1. The van der Waals surface area contributed by atoms with Crippen molar-refractivity contribution >= 4 is 55.5 Å². The van der Waals surface area contributed by atoms with Gasteiger partial charge < -0.3 is 5.32 Å². The topological polar surface area (TPSA) is 42.0 Å². The second-order valence-electron chi connectivity index (χ2n) is 6.66. The second-order valence-corrected chi connectivity index (χ2v) is 8.12. The summed E-state index contributed by atoms with van der Waals surface area (Å²) >= 11 is 7.84. The van der Waals surface area contributed by atoms with E-state index in [1.165, 1.54) is 0 Å². The van der Waals surface area contributed by atoms with Gasteiger partial charge in [-0.1, -0.05) is 60.1 Å². The van der Waals surface area contributed by atoms with Crippen molar-refractivity contribution in [3.63, 3.8) is 0 Å². The van der Waals surface area contributed by atoms with Crippen LogP contribution in [0.3, 0.4) is 0 Å². The van der Waals surface area contributed by atoms with Crippen molar-refractivity contribution in [2.45, 2.75) is 0 Å². The van der Waals surface area contributed by atoms with Gasteiger partial charge in [0.15, 0.2) is 0 Å². The van der Waals surface area contributed by atoms with Crippen LogP contribution in [0.25, 0.3) is 31.6 Å². The largest absolute Gasteiger partial charge is 0.321 e. The number of nitrogens with one attached hydrogen (secondary N) is 1. The Hall–Kier alpha value is -3.21. The van der Waals surface area contributed by atoms with E-state index in [0.29, 0.717) is 16.3 Å².